The van der Waals surface area contributed by atoms with E-state index < -0.39 is 30.4 Å². The molecule has 1 heterocycles. The Morgan fingerprint density at radius 3 is 2.33 bits per heavy atom. The SMILES string of the molecule is CC(C)CNC(=O)c1nn(-c2ccc(F)cc2)c(C=C[C@H](O)C[C@@H](O)CC(=O)O)c1C(C)C. The van der Waals surface area contributed by atoms with Crippen LogP contribution in [0, 0.1) is 11.7 Å². The van der Waals surface area contributed by atoms with Crippen LogP contribution in [0.4, 0.5) is 4.39 Å². The number of aliphatic hydroxyl groups excluding tert-OH is 2. The summed E-state index contributed by atoms with van der Waals surface area (Å²) in [6.45, 7) is 8.26. The zero-order chi connectivity index (χ0) is 24.7. The number of aromatic nitrogens is 2. The summed E-state index contributed by atoms with van der Waals surface area (Å²) in [5.74, 6) is -1.76. The minimum atomic E-state index is -1.20. The Kier molecular flexibility index (Phi) is 9.31. The number of carboxylic acid groups (broad SMARTS) is 1. The van der Waals surface area contributed by atoms with Crippen molar-refractivity contribution in [3.05, 3.63) is 53.1 Å². The molecule has 180 valence electrons. The molecule has 0 radical (unpaired) electrons. The molecule has 2 rings (SSSR count). The zero-order valence-corrected chi connectivity index (χ0v) is 19.3. The number of aliphatic carboxylic acids is 1. The smallest absolute Gasteiger partial charge is 0.305 e. The van der Waals surface area contributed by atoms with Crippen molar-refractivity contribution < 1.29 is 29.3 Å². The number of aliphatic hydroxyl groups is 2. The molecule has 1 amide bonds. The molecule has 1 aromatic heterocycles. The Balaban J connectivity index is 2.49. The highest BCUT2D eigenvalue weighted by Crippen LogP contribution is 2.28. The molecule has 0 spiro atoms. The Labute approximate surface area is 192 Å². The Bertz CT molecular complexity index is 983. The quantitative estimate of drug-likeness (QED) is 0.408. The van der Waals surface area contributed by atoms with Gasteiger partial charge in [-0.15, -0.1) is 0 Å². The average molecular weight is 462 g/mol. The van der Waals surface area contributed by atoms with Gasteiger partial charge in [0.05, 0.1) is 30.0 Å². The van der Waals surface area contributed by atoms with E-state index in [9.17, 15) is 24.2 Å². The van der Waals surface area contributed by atoms with Gasteiger partial charge in [-0.2, -0.15) is 5.10 Å². The minimum Gasteiger partial charge on any atom is -0.481 e. The monoisotopic (exact) mass is 461 g/mol. The van der Waals surface area contributed by atoms with Crippen molar-refractivity contribution in [2.75, 3.05) is 6.54 Å². The van der Waals surface area contributed by atoms with E-state index >= 15 is 0 Å². The number of nitrogens with one attached hydrogen (secondary N) is 1. The number of halogens is 1. The highest BCUT2D eigenvalue weighted by molar-refractivity contribution is 5.95. The summed E-state index contributed by atoms with van der Waals surface area (Å²) in [6.07, 6.45) is 0.0507. The van der Waals surface area contributed by atoms with Crippen LogP contribution in [0.15, 0.2) is 30.3 Å². The van der Waals surface area contributed by atoms with Crippen molar-refractivity contribution in [1.82, 2.24) is 15.1 Å². The fraction of sp³-hybridized carbons (Fsp3) is 0.458. The van der Waals surface area contributed by atoms with Crippen molar-refractivity contribution in [3.8, 4) is 5.69 Å². The fourth-order valence-corrected chi connectivity index (χ4v) is 3.34. The number of benzene rings is 1. The van der Waals surface area contributed by atoms with Crippen LogP contribution in [0.5, 0.6) is 0 Å². The van der Waals surface area contributed by atoms with Crippen LogP contribution < -0.4 is 5.32 Å². The fourth-order valence-electron chi connectivity index (χ4n) is 3.34. The third-order valence-corrected chi connectivity index (χ3v) is 4.89. The van der Waals surface area contributed by atoms with Crippen LogP contribution in [0.1, 0.15) is 68.2 Å². The van der Waals surface area contributed by atoms with Gasteiger partial charge in [-0.3, -0.25) is 9.59 Å². The predicted molar refractivity (Wildman–Crippen MR) is 123 cm³/mol. The average Bonchev–Trinajstić information content (AvgIpc) is 3.10. The second-order valence-corrected chi connectivity index (χ2v) is 8.71. The third-order valence-electron chi connectivity index (χ3n) is 4.89. The van der Waals surface area contributed by atoms with E-state index in [0.717, 1.165) is 0 Å². The highest BCUT2D eigenvalue weighted by Gasteiger charge is 2.25. The van der Waals surface area contributed by atoms with Gasteiger partial charge in [0.1, 0.15) is 5.82 Å². The van der Waals surface area contributed by atoms with E-state index in [-0.39, 0.29) is 29.9 Å². The van der Waals surface area contributed by atoms with Crippen molar-refractivity contribution in [2.24, 2.45) is 5.92 Å². The van der Waals surface area contributed by atoms with Crippen LogP contribution in [-0.2, 0) is 4.79 Å². The summed E-state index contributed by atoms with van der Waals surface area (Å²) in [4.78, 5) is 23.6. The standard InChI is InChI=1S/C24H32FN3O5/c1-14(2)13-26-24(33)23-22(15(3)4)20(10-9-18(29)11-19(30)12-21(31)32)28(27-23)17-7-5-16(25)6-8-17/h5-10,14-15,18-19,29-30H,11-13H2,1-4H3,(H,26,33)(H,31,32)/t18-,19+/m0/s1. The Hall–Kier alpha value is -3.04. The molecule has 8 nitrogen and oxygen atoms in total. The molecular weight excluding hydrogens is 429 g/mol. The van der Waals surface area contributed by atoms with Gasteiger partial charge in [-0.1, -0.05) is 33.8 Å². The molecule has 0 aliphatic heterocycles. The van der Waals surface area contributed by atoms with Crippen molar-refractivity contribution >= 4 is 18.0 Å². The number of rotatable bonds is 11. The molecule has 0 bridgehead atoms. The maximum absolute atomic E-state index is 13.5. The number of carboxylic acids is 1. The largest absolute Gasteiger partial charge is 0.481 e. The van der Waals surface area contributed by atoms with E-state index in [0.29, 0.717) is 23.5 Å². The minimum absolute atomic E-state index is 0.103. The maximum Gasteiger partial charge on any atom is 0.305 e. The number of hydrogen-bond donors (Lipinski definition) is 4. The van der Waals surface area contributed by atoms with E-state index in [1.807, 2.05) is 27.7 Å². The molecule has 9 heteroatoms. The van der Waals surface area contributed by atoms with Crippen molar-refractivity contribution in [2.45, 2.75) is 58.7 Å². The van der Waals surface area contributed by atoms with Crippen LogP contribution in [0.3, 0.4) is 0 Å². The number of amides is 1. The van der Waals surface area contributed by atoms with Gasteiger partial charge in [0.15, 0.2) is 5.69 Å². The maximum atomic E-state index is 13.5. The van der Waals surface area contributed by atoms with E-state index in [1.54, 1.807) is 6.08 Å². The summed E-state index contributed by atoms with van der Waals surface area (Å²) < 4.78 is 15.0. The molecule has 0 unspecified atom stereocenters. The lowest BCUT2D eigenvalue weighted by atomic mass is 9.98. The van der Waals surface area contributed by atoms with Gasteiger partial charge in [0.2, 0.25) is 0 Å². The topological polar surface area (TPSA) is 125 Å². The first-order chi connectivity index (χ1) is 15.5. The first-order valence-electron chi connectivity index (χ1n) is 10.9. The molecule has 4 N–H and O–H groups in total. The van der Waals surface area contributed by atoms with Crippen molar-refractivity contribution in [3.63, 3.8) is 0 Å². The van der Waals surface area contributed by atoms with Gasteiger partial charge in [0.25, 0.3) is 5.91 Å². The Morgan fingerprint density at radius 1 is 1.15 bits per heavy atom. The highest BCUT2D eigenvalue weighted by atomic mass is 19.1. The van der Waals surface area contributed by atoms with Crippen LogP contribution in [0.2, 0.25) is 0 Å². The molecule has 0 aliphatic rings. The van der Waals surface area contributed by atoms with Crippen LogP contribution >= 0.6 is 0 Å². The van der Waals surface area contributed by atoms with Gasteiger partial charge < -0.3 is 20.6 Å². The first-order valence-corrected chi connectivity index (χ1v) is 10.9. The van der Waals surface area contributed by atoms with Gasteiger partial charge in [-0.25, -0.2) is 9.07 Å². The van der Waals surface area contributed by atoms with E-state index in [1.165, 1.54) is 35.0 Å². The summed E-state index contributed by atoms with van der Waals surface area (Å²) >= 11 is 0. The van der Waals surface area contributed by atoms with Gasteiger partial charge in [-0.05, 0) is 42.2 Å². The van der Waals surface area contributed by atoms with E-state index in [4.69, 9.17) is 5.11 Å². The molecule has 2 aromatic rings. The zero-order valence-electron chi connectivity index (χ0n) is 19.3. The summed E-state index contributed by atoms with van der Waals surface area (Å²) in [7, 11) is 0. The first kappa shape index (κ1) is 26.2. The summed E-state index contributed by atoms with van der Waals surface area (Å²) in [5, 5.41) is 36.2. The normalized spacial score (nSPS) is 13.6. The third kappa shape index (κ3) is 7.50. The van der Waals surface area contributed by atoms with Gasteiger partial charge in [0, 0.05) is 18.5 Å². The molecule has 0 saturated carbocycles. The van der Waals surface area contributed by atoms with Crippen LogP contribution in [-0.4, -0.2) is 55.7 Å². The number of carbonyl (C=O) groups is 2. The van der Waals surface area contributed by atoms with Gasteiger partial charge >= 0.3 is 5.97 Å². The van der Waals surface area contributed by atoms with Crippen molar-refractivity contribution in [1.29, 1.82) is 0 Å². The Morgan fingerprint density at radius 2 is 1.79 bits per heavy atom. The lowest BCUT2D eigenvalue weighted by molar-refractivity contribution is -0.139. The number of hydrogen-bond acceptors (Lipinski definition) is 5. The summed E-state index contributed by atoms with van der Waals surface area (Å²) in [6, 6.07) is 5.64. The molecule has 0 fully saturated rings. The summed E-state index contributed by atoms with van der Waals surface area (Å²) in [5.41, 5.74) is 1.93. The molecule has 0 saturated heterocycles. The number of nitrogens with zero attached hydrogens (tertiary/aromatic N) is 2. The lowest BCUT2D eigenvalue weighted by Crippen LogP contribution is -2.28. The van der Waals surface area contributed by atoms with E-state index in [2.05, 4.69) is 10.4 Å². The second kappa shape index (κ2) is 11.7. The second-order valence-electron chi connectivity index (χ2n) is 8.71. The predicted octanol–water partition coefficient (Wildman–Crippen LogP) is 3.12. The molecular formula is C24H32FN3O5. The molecule has 33 heavy (non-hydrogen) atoms. The molecule has 1 aromatic carbocycles. The number of carbonyl (C=O) groups excluding carboxylic acids is 1. The van der Waals surface area contributed by atoms with Crippen LogP contribution in [0.25, 0.3) is 11.8 Å². The molecule has 2 atom stereocenters. The lowest BCUT2D eigenvalue weighted by Gasteiger charge is -2.12. The molecule has 0 aliphatic carbocycles.